The summed E-state index contributed by atoms with van der Waals surface area (Å²) in [6, 6.07) is 22.9. The number of hydrogen-bond acceptors (Lipinski definition) is 2. The molecule has 3 aromatic carbocycles. The summed E-state index contributed by atoms with van der Waals surface area (Å²) in [5.41, 5.74) is 5.26. The average molecular weight is 372 g/mol. The summed E-state index contributed by atoms with van der Waals surface area (Å²) in [6.45, 7) is 4.47. The van der Waals surface area contributed by atoms with Crippen LogP contribution < -0.4 is 10.6 Å². The van der Waals surface area contributed by atoms with Crippen LogP contribution in [-0.2, 0) is 17.8 Å². The van der Waals surface area contributed by atoms with Gasteiger partial charge in [0.15, 0.2) is 0 Å². The van der Waals surface area contributed by atoms with Crippen molar-refractivity contribution in [2.24, 2.45) is 0 Å². The molecular weight excluding hydrogens is 348 g/mol. The average Bonchev–Trinajstić information content (AvgIpc) is 2.69. The van der Waals surface area contributed by atoms with Crippen molar-refractivity contribution >= 4 is 17.5 Å². The van der Waals surface area contributed by atoms with E-state index < -0.39 is 0 Å². The lowest BCUT2D eigenvalue weighted by Crippen LogP contribution is -2.25. The lowest BCUT2D eigenvalue weighted by atomic mass is 10.1. The molecule has 0 unspecified atom stereocenters. The minimum Gasteiger partial charge on any atom is -0.348 e. The smallest absolute Gasteiger partial charge is 0.253 e. The zero-order valence-electron chi connectivity index (χ0n) is 16.2. The number of carbonyl (C=O) groups excluding carboxylic acids is 2. The van der Waals surface area contributed by atoms with Crippen molar-refractivity contribution < 1.29 is 9.59 Å². The van der Waals surface area contributed by atoms with Gasteiger partial charge >= 0.3 is 0 Å². The summed E-state index contributed by atoms with van der Waals surface area (Å²) in [4.78, 5) is 25.0. The zero-order chi connectivity index (χ0) is 19.9. The number of para-hydroxylation sites is 1. The molecule has 0 aliphatic rings. The van der Waals surface area contributed by atoms with Crippen molar-refractivity contribution in [1.82, 2.24) is 5.32 Å². The predicted octanol–water partition coefficient (Wildman–Crippen LogP) is 4.41. The highest BCUT2D eigenvalue weighted by molar-refractivity contribution is 6.04. The maximum absolute atomic E-state index is 12.6. The van der Waals surface area contributed by atoms with Crippen molar-refractivity contribution in [3.63, 3.8) is 0 Å². The van der Waals surface area contributed by atoms with Gasteiger partial charge in [-0.15, -0.1) is 0 Å². The Balaban J connectivity index is 1.64. The summed E-state index contributed by atoms with van der Waals surface area (Å²) < 4.78 is 0. The minimum atomic E-state index is -0.216. The molecule has 0 bridgehead atoms. The molecule has 0 aliphatic heterocycles. The van der Waals surface area contributed by atoms with Gasteiger partial charge in [-0.3, -0.25) is 9.59 Å². The molecule has 0 heterocycles. The summed E-state index contributed by atoms with van der Waals surface area (Å²) in [5.74, 6) is -0.366. The number of aryl methyl sites for hydroxylation is 2. The highest BCUT2D eigenvalue weighted by atomic mass is 16.2. The van der Waals surface area contributed by atoms with E-state index in [1.54, 1.807) is 24.3 Å². The van der Waals surface area contributed by atoms with Gasteiger partial charge in [0.1, 0.15) is 0 Å². The van der Waals surface area contributed by atoms with E-state index in [9.17, 15) is 9.59 Å². The fourth-order valence-corrected chi connectivity index (χ4v) is 2.86. The summed E-state index contributed by atoms with van der Waals surface area (Å²) in [7, 11) is 0. The highest BCUT2D eigenvalue weighted by Gasteiger charge is 2.13. The normalized spacial score (nSPS) is 10.4. The Kier molecular flexibility index (Phi) is 6.22. The molecule has 28 heavy (non-hydrogen) atoms. The molecule has 0 aromatic heterocycles. The van der Waals surface area contributed by atoms with E-state index in [0.29, 0.717) is 17.8 Å². The Bertz CT molecular complexity index is 961. The molecule has 4 nitrogen and oxygen atoms in total. The van der Waals surface area contributed by atoms with Crippen LogP contribution in [0.2, 0.25) is 0 Å². The van der Waals surface area contributed by atoms with Crippen molar-refractivity contribution in [2.45, 2.75) is 26.8 Å². The van der Waals surface area contributed by atoms with Crippen LogP contribution in [-0.4, -0.2) is 11.8 Å². The van der Waals surface area contributed by atoms with Gasteiger partial charge in [-0.2, -0.15) is 0 Å². The van der Waals surface area contributed by atoms with E-state index in [2.05, 4.69) is 10.6 Å². The molecule has 0 saturated carbocycles. The molecular formula is C24H24N2O2. The van der Waals surface area contributed by atoms with Gasteiger partial charge in [0.25, 0.3) is 5.91 Å². The first kappa shape index (κ1) is 19.4. The standard InChI is InChI=1S/C24H24N2O2/c1-17-7-11-19(12-8-17)15-23(27)26-22-6-4-3-5-21(22)24(28)25-16-20-13-9-18(2)10-14-20/h3-14H,15-16H2,1-2H3,(H,25,28)(H,26,27). The van der Waals surface area contributed by atoms with Crippen LogP contribution in [0, 0.1) is 13.8 Å². The maximum atomic E-state index is 12.6. The molecule has 0 aliphatic carbocycles. The van der Waals surface area contributed by atoms with Crippen LogP contribution in [0.5, 0.6) is 0 Å². The van der Waals surface area contributed by atoms with E-state index in [-0.39, 0.29) is 18.2 Å². The SMILES string of the molecule is Cc1ccc(CNC(=O)c2ccccc2NC(=O)Cc2ccc(C)cc2)cc1. The topological polar surface area (TPSA) is 58.2 Å². The number of rotatable bonds is 6. The zero-order valence-corrected chi connectivity index (χ0v) is 16.2. The Morgan fingerprint density at radius 3 is 1.96 bits per heavy atom. The molecule has 3 aromatic rings. The molecule has 3 rings (SSSR count). The first-order valence-electron chi connectivity index (χ1n) is 9.29. The number of hydrogen-bond donors (Lipinski definition) is 2. The van der Waals surface area contributed by atoms with Crippen molar-refractivity contribution in [3.8, 4) is 0 Å². The first-order chi connectivity index (χ1) is 13.5. The van der Waals surface area contributed by atoms with E-state index in [1.165, 1.54) is 5.56 Å². The molecule has 142 valence electrons. The highest BCUT2D eigenvalue weighted by Crippen LogP contribution is 2.16. The second-order valence-electron chi connectivity index (χ2n) is 6.92. The monoisotopic (exact) mass is 372 g/mol. The number of carbonyl (C=O) groups is 2. The third-order valence-electron chi connectivity index (χ3n) is 4.50. The third kappa shape index (κ3) is 5.30. The van der Waals surface area contributed by atoms with Gasteiger partial charge < -0.3 is 10.6 Å². The largest absolute Gasteiger partial charge is 0.348 e. The van der Waals surface area contributed by atoms with Gasteiger partial charge in [0.2, 0.25) is 5.91 Å². The van der Waals surface area contributed by atoms with Crippen molar-refractivity contribution in [2.75, 3.05) is 5.32 Å². The molecule has 4 heteroatoms. The van der Waals surface area contributed by atoms with Gasteiger partial charge in [0.05, 0.1) is 17.7 Å². The van der Waals surface area contributed by atoms with Crippen molar-refractivity contribution in [1.29, 1.82) is 0 Å². The summed E-state index contributed by atoms with van der Waals surface area (Å²) in [5, 5.41) is 5.77. The van der Waals surface area contributed by atoms with Crippen molar-refractivity contribution in [3.05, 3.63) is 101 Å². The fraction of sp³-hybridized carbons (Fsp3) is 0.167. The summed E-state index contributed by atoms with van der Waals surface area (Å²) in [6.07, 6.45) is 0.263. The lowest BCUT2D eigenvalue weighted by molar-refractivity contribution is -0.115. The maximum Gasteiger partial charge on any atom is 0.253 e. The first-order valence-corrected chi connectivity index (χ1v) is 9.29. The Labute approximate surface area is 165 Å². The van der Waals surface area contributed by atoms with E-state index >= 15 is 0 Å². The van der Waals surface area contributed by atoms with Crippen LogP contribution in [0.4, 0.5) is 5.69 Å². The molecule has 2 amide bonds. The molecule has 0 radical (unpaired) electrons. The van der Waals surface area contributed by atoms with Crippen LogP contribution in [0.1, 0.15) is 32.6 Å². The predicted molar refractivity (Wildman–Crippen MR) is 112 cm³/mol. The number of benzene rings is 3. The van der Waals surface area contributed by atoms with Gasteiger partial charge in [0, 0.05) is 6.54 Å². The van der Waals surface area contributed by atoms with Gasteiger partial charge in [-0.1, -0.05) is 71.8 Å². The van der Waals surface area contributed by atoms with E-state index in [0.717, 1.165) is 16.7 Å². The number of amides is 2. The molecule has 2 N–H and O–H groups in total. The molecule has 0 saturated heterocycles. The number of nitrogens with one attached hydrogen (secondary N) is 2. The Morgan fingerprint density at radius 2 is 1.32 bits per heavy atom. The summed E-state index contributed by atoms with van der Waals surface area (Å²) >= 11 is 0. The Morgan fingerprint density at radius 1 is 0.750 bits per heavy atom. The second kappa shape index (κ2) is 9.00. The molecule has 0 atom stereocenters. The van der Waals surface area contributed by atoms with Gasteiger partial charge in [-0.05, 0) is 37.1 Å². The molecule has 0 fully saturated rings. The van der Waals surface area contributed by atoms with Gasteiger partial charge in [-0.25, -0.2) is 0 Å². The van der Waals surface area contributed by atoms with E-state index in [1.807, 2.05) is 62.4 Å². The third-order valence-corrected chi connectivity index (χ3v) is 4.50. The van der Waals surface area contributed by atoms with Crippen LogP contribution in [0.15, 0.2) is 72.8 Å². The fourth-order valence-electron chi connectivity index (χ4n) is 2.86. The second-order valence-corrected chi connectivity index (χ2v) is 6.92. The van der Waals surface area contributed by atoms with Crippen LogP contribution >= 0.6 is 0 Å². The Hall–Kier alpha value is -3.40. The van der Waals surface area contributed by atoms with E-state index in [4.69, 9.17) is 0 Å². The lowest BCUT2D eigenvalue weighted by Gasteiger charge is -2.12. The van der Waals surface area contributed by atoms with Crippen LogP contribution in [0.25, 0.3) is 0 Å². The van der Waals surface area contributed by atoms with Crippen LogP contribution in [0.3, 0.4) is 0 Å². The quantitative estimate of drug-likeness (QED) is 0.673. The number of anilines is 1. The molecule has 0 spiro atoms. The minimum absolute atomic E-state index is 0.150.